The van der Waals surface area contributed by atoms with Crippen LogP contribution in [0.5, 0.6) is 0 Å². The van der Waals surface area contributed by atoms with Gasteiger partial charge in [0, 0.05) is 11.1 Å². The van der Waals surface area contributed by atoms with Gasteiger partial charge in [0.25, 0.3) is 5.22 Å². The molecule has 0 radical (unpaired) electrons. The quantitative estimate of drug-likeness (QED) is 0.456. The number of aryl methyl sites for hydroxylation is 1. The van der Waals surface area contributed by atoms with Gasteiger partial charge in [0.15, 0.2) is 5.76 Å². The number of benzene rings is 2. The van der Waals surface area contributed by atoms with Gasteiger partial charge in [-0.25, -0.2) is 9.37 Å². The average molecular weight is 367 g/mol. The Hall–Kier alpha value is -2.93. The number of hydrogen-bond acceptors (Lipinski definition) is 6. The van der Waals surface area contributed by atoms with E-state index in [1.54, 1.807) is 18.3 Å². The summed E-state index contributed by atoms with van der Waals surface area (Å²) in [5.41, 5.74) is 2.76. The summed E-state index contributed by atoms with van der Waals surface area (Å²) in [4.78, 5) is 4.24. The number of rotatable bonds is 5. The molecule has 0 N–H and O–H groups in total. The third-order valence-electron chi connectivity index (χ3n) is 3.78. The fraction of sp³-hybridized carbons (Fsp3) is 0.105. The largest absolute Gasteiger partial charge is 0.440 e. The molecule has 0 amide bonds. The lowest BCUT2D eigenvalue weighted by Crippen LogP contribution is -1.81. The van der Waals surface area contributed by atoms with Crippen molar-refractivity contribution in [3.05, 3.63) is 72.0 Å². The van der Waals surface area contributed by atoms with Crippen LogP contribution < -0.4 is 0 Å². The summed E-state index contributed by atoms with van der Waals surface area (Å²) in [5, 5.41) is 8.60. The highest BCUT2D eigenvalue weighted by Gasteiger charge is 2.13. The minimum absolute atomic E-state index is 0.287. The third kappa shape index (κ3) is 3.52. The van der Waals surface area contributed by atoms with Crippen LogP contribution in [0.2, 0.25) is 0 Å². The second-order valence-electron chi connectivity index (χ2n) is 5.60. The van der Waals surface area contributed by atoms with E-state index in [4.69, 9.17) is 8.83 Å². The summed E-state index contributed by atoms with van der Waals surface area (Å²) in [5.74, 6) is 1.78. The number of hydrogen-bond donors (Lipinski definition) is 0. The van der Waals surface area contributed by atoms with Crippen LogP contribution in [-0.2, 0) is 5.75 Å². The van der Waals surface area contributed by atoms with E-state index in [1.807, 2.05) is 31.2 Å². The molecule has 4 rings (SSSR count). The molecule has 0 bridgehead atoms. The summed E-state index contributed by atoms with van der Waals surface area (Å²) in [6, 6.07) is 13.9. The molecule has 0 aliphatic rings. The van der Waals surface area contributed by atoms with Crippen LogP contribution in [-0.4, -0.2) is 15.2 Å². The molecule has 0 saturated heterocycles. The Labute approximate surface area is 153 Å². The van der Waals surface area contributed by atoms with E-state index in [9.17, 15) is 4.39 Å². The topological polar surface area (TPSA) is 65.0 Å². The molecule has 130 valence electrons. The Bertz CT molecular complexity index is 1030. The first kappa shape index (κ1) is 16.5. The molecule has 4 aromatic rings. The number of aromatic nitrogens is 3. The van der Waals surface area contributed by atoms with Gasteiger partial charge in [0.2, 0.25) is 11.8 Å². The van der Waals surface area contributed by atoms with Gasteiger partial charge in [-0.1, -0.05) is 30.0 Å². The van der Waals surface area contributed by atoms with E-state index in [-0.39, 0.29) is 5.82 Å². The van der Waals surface area contributed by atoms with E-state index >= 15 is 0 Å². The Morgan fingerprint density at radius 3 is 2.62 bits per heavy atom. The monoisotopic (exact) mass is 367 g/mol. The zero-order valence-corrected chi connectivity index (χ0v) is 14.7. The number of halogens is 1. The van der Waals surface area contributed by atoms with Crippen molar-refractivity contribution < 1.29 is 13.2 Å². The fourth-order valence-electron chi connectivity index (χ4n) is 2.44. The van der Waals surface area contributed by atoms with Crippen molar-refractivity contribution >= 4 is 11.8 Å². The van der Waals surface area contributed by atoms with E-state index in [0.717, 1.165) is 16.7 Å². The lowest BCUT2D eigenvalue weighted by Gasteiger charge is -1.98. The van der Waals surface area contributed by atoms with Crippen LogP contribution in [0.4, 0.5) is 4.39 Å². The molecule has 2 aromatic heterocycles. The molecule has 2 aromatic carbocycles. The van der Waals surface area contributed by atoms with Crippen molar-refractivity contribution in [2.24, 2.45) is 0 Å². The number of oxazole rings is 1. The Balaban J connectivity index is 1.44. The Kier molecular flexibility index (Phi) is 4.53. The van der Waals surface area contributed by atoms with E-state index in [0.29, 0.717) is 28.5 Å². The molecule has 0 spiro atoms. The SMILES string of the molecule is Cc1ccccc1-c1nnc(SCc2ncc(-c3ccc(F)cc3)o2)o1. The highest BCUT2D eigenvalue weighted by atomic mass is 32.2. The maximum atomic E-state index is 13.0. The van der Waals surface area contributed by atoms with Gasteiger partial charge in [-0.3, -0.25) is 0 Å². The molecule has 0 atom stereocenters. The minimum Gasteiger partial charge on any atom is -0.440 e. The molecule has 0 unspecified atom stereocenters. The zero-order chi connectivity index (χ0) is 17.9. The standard InChI is InChI=1S/C19H14FN3O2S/c1-12-4-2-3-5-15(12)18-22-23-19(25-18)26-11-17-21-10-16(24-17)13-6-8-14(20)9-7-13/h2-10H,11H2,1H3. The van der Waals surface area contributed by atoms with Crippen molar-refractivity contribution in [1.29, 1.82) is 0 Å². The maximum Gasteiger partial charge on any atom is 0.277 e. The highest BCUT2D eigenvalue weighted by molar-refractivity contribution is 7.98. The first-order chi connectivity index (χ1) is 12.7. The molecule has 26 heavy (non-hydrogen) atoms. The van der Waals surface area contributed by atoms with E-state index in [1.165, 1.54) is 23.9 Å². The van der Waals surface area contributed by atoms with Crippen LogP contribution in [0.3, 0.4) is 0 Å². The normalized spacial score (nSPS) is 11.0. The van der Waals surface area contributed by atoms with Crippen molar-refractivity contribution in [3.63, 3.8) is 0 Å². The number of nitrogens with zero attached hydrogens (tertiary/aromatic N) is 3. The van der Waals surface area contributed by atoms with Crippen molar-refractivity contribution in [3.8, 4) is 22.8 Å². The van der Waals surface area contributed by atoms with Crippen molar-refractivity contribution in [2.75, 3.05) is 0 Å². The molecule has 7 heteroatoms. The number of thioether (sulfide) groups is 1. The van der Waals surface area contributed by atoms with Gasteiger partial charge in [-0.15, -0.1) is 10.2 Å². The first-order valence-corrected chi connectivity index (χ1v) is 8.90. The smallest absolute Gasteiger partial charge is 0.277 e. The summed E-state index contributed by atoms with van der Waals surface area (Å²) < 4.78 is 24.4. The van der Waals surface area contributed by atoms with Gasteiger partial charge in [-0.05, 0) is 42.8 Å². The molecule has 0 saturated carbocycles. The molecule has 5 nitrogen and oxygen atoms in total. The van der Waals surface area contributed by atoms with Crippen LogP contribution in [0.25, 0.3) is 22.8 Å². The van der Waals surface area contributed by atoms with Gasteiger partial charge in [-0.2, -0.15) is 0 Å². The lowest BCUT2D eigenvalue weighted by molar-refractivity contribution is 0.464. The second-order valence-corrected chi connectivity index (χ2v) is 6.53. The van der Waals surface area contributed by atoms with Crippen LogP contribution in [0.15, 0.2) is 68.8 Å². The predicted octanol–water partition coefficient (Wildman–Crippen LogP) is 5.13. The summed E-state index contributed by atoms with van der Waals surface area (Å²) in [6.07, 6.45) is 1.62. The molecule has 0 fully saturated rings. The zero-order valence-electron chi connectivity index (χ0n) is 13.8. The van der Waals surface area contributed by atoms with Gasteiger partial charge >= 0.3 is 0 Å². The van der Waals surface area contributed by atoms with Gasteiger partial charge in [0.05, 0.1) is 11.9 Å². The third-order valence-corrected chi connectivity index (χ3v) is 4.59. The highest BCUT2D eigenvalue weighted by Crippen LogP contribution is 2.28. The fourth-order valence-corrected chi connectivity index (χ4v) is 3.05. The summed E-state index contributed by atoms with van der Waals surface area (Å²) >= 11 is 1.35. The van der Waals surface area contributed by atoms with Crippen molar-refractivity contribution in [1.82, 2.24) is 15.2 Å². The Morgan fingerprint density at radius 1 is 1.00 bits per heavy atom. The molecule has 0 aliphatic heterocycles. The molecular formula is C19H14FN3O2S. The minimum atomic E-state index is -0.287. The second kappa shape index (κ2) is 7.13. The summed E-state index contributed by atoms with van der Waals surface area (Å²) in [7, 11) is 0. The average Bonchev–Trinajstić information content (AvgIpc) is 3.30. The first-order valence-electron chi connectivity index (χ1n) is 7.92. The van der Waals surface area contributed by atoms with E-state index in [2.05, 4.69) is 15.2 Å². The molecule has 2 heterocycles. The maximum absolute atomic E-state index is 13.0. The summed E-state index contributed by atoms with van der Waals surface area (Å²) in [6.45, 7) is 2.00. The van der Waals surface area contributed by atoms with E-state index < -0.39 is 0 Å². The lowest BCUT2D eigenvalue weighted by atomic mass is 10.1. The van der Waals surface area contributed by atoms with Crippen LogP contribution in [0.1, 0.15) is 11.5 Å². The van der Waals surface area contributed by atoms with Crippen LogP contribution in [0, 0.1) is 12.7 Å². The molecular weight excluding hydrogens is 353 g/mol. The predicted molar refractivity (Wildman–Crippen MR) is 95.9 cm³/mol. The Morgan fingerprint density at radius 2 is 1.81 bits per heavy atom. The van der Waals surface area contributed by atoms with Gasteiger partial charge in [0.1, 0.15) is 5.82 Å². The van der Waals surface area contributed by atoms with Crippen molar-refractivity contribution in [2.45, 2.75) is 17.9 Å². The molecule has 0 aliphatic carbocycles. The van der Waals surface area contributed by atoms with Gasteiger partial charge < -0.3 is 8.83 Å². The van der Waals surface area contributed by atoms with Crippen LogP contribution >= 0.6 is 11.8 Å².